The second kappa shape index (κ2) is 10.0. The van der Waals surface area contributed by atoms with E-state index < -0.39 is 11.4 Å². The van der Waals surface area contributed by atoms with Crippen LogP contribution in [-0.2, 0) is 22.7 Å². The van der Waals surface area contributed by atoms with Crippen LogP contribution in [-0.4, -0.2) is 22.5 Å². The van der Waals surface area contributed by atoms with Crippen LogP contribution >= 0.6 is 11.6 Å². The number of hydrogen-bond acceptors (Lipinski definition) is 4. The quantitative estimate of drug-likeness (QED) is 0.239. The van der Waals surface area contributed by atoms with Crippen molar-refractivity contribution in [2.45, 2.75) is 53.1 Å². The van der Waals surface area contributed by atoms with Gasteiger partial charge in [0.05, 0.1) is 21.7 Å². The second-order valence-electron chi connectivity index (χ2n) is 11.2. The molecule has 0 aliphatic heterocycles. The van der Waals surface area contributed by atoms with Crippen LogP contribution in [0.15, 0.2) is 90.1 Å². The first-order chi connectivity index (χ1) is 18.2. The number of hydrogen-bond donors (Lipinski definition) is 0. The zero-order valence-corrected chi connectivity index (χ0v) is 22.9. The molecule has 2 aliphatic rings. The molecule has 2 unspecified atom stereocenters. The summed E-state index contributed by atoms with van der Waals surface area (Å²) in [5.74, 6) is -0.469. The first kappa shape index (κ1) is 26.2. The molecule has 0 radical (unpaired) electrons. The van der Waals surface area contributed by atoms with Crippen LogP contribution < -0.4 is 0 Å². The molecule has 5 nitrogen and oxygen atoms in total. The third-order valence-corrected chi connectivity index (χ3v) is 9.52. The molecule has 0 spiro atoms. The Morgan fingerprint density at radius 1 is 0.842 bits per heavy atom. The molecule has 1 amide bonds. The zero-order chi connectivity index (χ0) is 27.0. The lowest BCUT2D eigenvalue weighted by atomic mass is 9.64. The molecule has 0 N–H and O–H groups in total. The maximum atomic E-state index is 14.6. The Hall–Kier alpha value is -3.44. The van der Waals surface area contributed by atoms with Gasteiger partial charge in [-0.3, -0.25) is 4.79 Å². The normalized spacial score (nSPS) is 24.4. The van der Waals surface area contributed by atoms with Gasteiger partial charge >= 0.3 is 5.97 Å². The summed E-state index contributed by atoms with van der Waals surface area (Å²) < 4.78 is 0. The topological polar surface area (TPSA) is 59.0 Å². The number of halogens is 1. The highest BCUT2D eigenvalue weighted by atomic mass is 35.5. The van der Waals surface area contributed by atoms with Gasteiger partial charge in [0, 0.05) is 24.9 Å². The van der Waals surface area contributed by atoms with Crippen molar-refractivity contribution in [3.05, 3.63) is 107 Å². The number of carbonyl (C=O) groups excluding carboxylic acids is 2. The van der Waals surface area contributed by atoms with Gasteiger partial charge in [-0.1, -0.05) is 110 Å². The minimum Gasteiger partial charge on any atom is -0.334 e. The smallest absolute Gasteiger partial charge is 0.334 e. The lowest BCUT2D eigenvalue weighted by Gasteiger charge is -2.42. The van der Waals surface area contributed by atoms with Crippen molar-refractivity contribution in [2.24, 2.45) is 21.4 Å². The average molecular weight is 529 g/mol. The number of fused-ring (bicyclic) bond motifs is 2. The van der Waals surface area contributed by atoms with Gasteiger partial charge in [0.15, 0.2) is 0 Å². The van der Waals surface area contributed by atoms with Crippen LogP contribution in [0.5, 0.6) is 0 Å². The van der Waals surface area contributed by atoms with Gasteiger partial charge in [-0.05, 0) is 41.5 Å². The predicted molar refractivity (Wildman–Crippen MR) is 150 cm³/mol. The summed E-state index contributed by atoms with van der Waals surface area (Å²) in [5, 5.41) is 4.70. The molecule has 196 valence electrons. The van der Waals surface area contributed by atoms with Crippen LogP contribution in [0.2, 0.25) is 5.02 Å². The number of nitrogens with zero attached hydrogens (tertiary/aromatic N) is 2. The minimum atomic E-state index is -0.638. The molecule has 2 saturated carbocycles. The van der Waals surface area contributed by atoms with Gasteiger partial charge in [0.2, 0.25) is 5.91 Å². The number of amides is 1. The van der Waals surface area contributed by atoms with Crippen molar-refractivity contribution in [3.8, 4) is 0 Å². The monoisotopic (exact) mass is 528 g/mol. The van der Waals surface area contributed by atoms with E-state index in [1.54, 1.807) is 24.3 Å². The third kappa shape index (κ3) is 4.33. The number of rotatable bonds is 7. The molecule has 0 heterocycles. The van der Waals surface area contributed by atoms with E-state index in [1.807, 2.05) is 41.3 Å². The van der Waals surface area contributed by atoms with Crippen molar-refractivity contribution < 1.29 is 14.4 Å². The van der Waals surface area contributed by atoms with Crippen LogP contribution in [0.1, 0.15) is 61.5 Å². The number of benzene rings is 3. The fourth-order valence-electron chi connectivity index (χ4n) is 6.38. The molecule has 6 heteroatoms. The summed E-state index contributed by atoms with van der Waals surface area (Å²) in [6.07, 6.45) is 2.04. The molecule has 2 fully saturated rings. The highest BCUT2D eigenvalue weighted by Gasteiger charge is 2.72. The molecular formula is C32H33ClN2O3. The van der Waals surface area contributed by atoms with Gasteiger partial charge in [0.25, 0.3) is 0 Å². The van der Waals surface area contributed by atoms with Gasteiger partial charge in [-0.25, -0.2) is 4.79 Å². The molecule has 0 saturated heterocycles. The average Bonchev–Trinajstić information content (AvgIpc) is 3.23. The van der Waals surface area contributed by atoms with Crippen LogP contribution in [0.3, 0.4) is 0 Å². The summed E-state index contributed by atoms with van der Waals surface area (Å²) in [4.78, 5) is 34.7. The van der Waals surface area contributed by atoms with Crippen LogP contribution in [0.25, 0.3) is 0 Å². The zero-order valence-electron chi connectivity index (χ0n) is 22.1. The van der Waals surface area contributed by atoms with E-state index in [2.05, 4.69) is 50.2 Å². The van der Waals surface area contributed by atoms with E-state index in [0.717, 1.165) is 29.7 Å². The SMILES string of the molecule is CC12CCC(C(=O)N(Cc3ccccc3)Cc3ccccc3)(CC1=NOC(=O)c1ccccc1Cl)C2(C)C. The molecule has 38 heavy (non-hydrogen) atoms. The first-order valence-electron chi connectivity index (χ1n) is 13.1. The van der Waals surface area contributed by atoms with E-state index in [4.69, 9.17) is 16.4 Å². The van der Waals surface area contributed by atoms with Gasteiger partial charge in [0.1, 0.15) is 0 Å². The Morgan fingerprint density at radius 2 is 1.39 bits per heavy atom. The first-order valence-corrected chi connectivity index (χ1v) is 13.5. The van der Waals surface area contributed by atoms with E-state index in [9.17, 15) is 9.59 Å². The Bertz CT molecular complexity index is 1330. The van der Waals surface area contributed by atoms with Crippen LogP contribution in [0.4, 0.5) is 0 Å². The van der Waals surface area contributed by atoms with Crippen molar-refractivity contribution in [3.63, 3.8) is 0 Å². The molecule has 3 aromatic rings. The molecule has 2 bridgehead atoms. The third-order valence-electron chi connectivity index (χ3n) is 9.20. The summed E-state index contributed by atoms with van der Waals surface area (Å²) in [7, 11) is 0. The fraction of sp³-hybridized carbons (Fsp3) is 0.344. The molecule has 0 aromatic heterocycles. The summed E-state index contributed by atoms with van der Waals surface area (Å²) >= 11 is 6.18. The van der Waals surface area contributed by atoms with Crippen molar-refractivity contribution in [1.82, 2.24) is 4.90 Å². The lowest BCUT2D eigenvalue weighted by molar-refractivity contribution is -0.148. The van der Waals surface area contributed by atoms with Gasteiger partial charge in [-0.15, -0.1) is 0 Å². The van der Waals surface area contributed by atoms with E-state index in [0.29, 0.717) is 24.5 Å². The van der Waals surface area contributed by atoms with Crippen molar-refractivity contribution in [1.29, 1.82) is 0 Å². The van der Waals surface area contributed by atoms with Gasteiger partial charge in [-0.2, -0.15) is 0 Å². The van der Waals surface area contributed by atoms with Gasteiger partial charge < -0.3 is 9.74 Å². The molecular weight excluding hydrogens is 496 g/mol. The van der Waals surface area contributed by atoms with Crippen molar-refractivity contribution >= 4 is 29.2 Å². The van der Waals surface area contributed by atoms with E-state index >= 15 is 0 Å². The Labute approximate surface area is 229 Å². The highest BCUT2D eigenvalue weighted by Crippen LogP contribution is 2.71. The minimum absolute atomic E-state index is 0.126. The molecule has 2 atom stereocenters. The highest BCUT2D eigenvalue weighted by molar-refractivity contribution is 6.33. The number of carbonyl (C=O) groups is 2. The largest absolute Gasteiger partial charge is 0.367 e. The van der Waals surface area contributed by atoms with Crippen LogP contribution in [0, 0.1) is 16.2 Å². The number of oxime groups is 1. The maximum absolute atomic E-state index is 14.6. The van der Waals surface area contributed by atoms with E-state index in [1.165, 1.54) is 0 Å². The molecule has 2 aliphatic carbocycles. The fourth-order valence-corrected chi connectivity index (χ4v) is 6.59. The molecule has 5 rings (SSSR count). The Kier molecular flexibility index (Phi) is 6.91. The predicted octanol–water partition coefficient (Wildman–Crippen LogP) is 7.30. The summed E-state index contributed by atoms with van der Waals surface area (Å²) in [6, 6.07) is 27.0. The lowest BCUT2D eigenvalue weighted by Crippen LogP contribution is -2.48. The molecule has 3 aromatic carbocycles. The van der Waals surface area contributed by atoms with E-state index in [-0.39, 0.29) is 22.3 Å². The Morgan fingerprint density at radius 3 is 1.97 bits per heavy atom. The Balaban J connectivity index is 1.46. The van der Waals surface area contributed by atoms with Crippen molar-refractivity contribution in [2.75, 3.05) is 0 Å². The summed E-state index contributed by atoms with van der Waals surface area (Å²) in [6.45, 7) is 7.53. The second-order valence-corrected chi connectivity index (χ2v) is 11.7. The standard InChI is InChI=1S/C32H33ClN2O3/c1-30(2)31(3)18-19-32(30,20-27(31)34-38-28(36)25-16-10-11-17-26(25)33)29(37)35(21-23-12-6-4-7-13-23)22-24-14-8-5-9-15-24/h4-17H,18-22H2,1-3H3. The summed E-state index contributed by atoms with van der Waals surface area (Å²) in [5.41, 5.74) is 1.84. The maximum Gasteiger partial charge on any atom is 0.367 e.